The van der Waals surface area contributed by atoms with Crippen molar-refractivity contribution in [1.29, 1.82) is 0 Å². The zero-order valence-electron chi connectivity index (χ0n) is 10.7. The number of hydrogen-bond donors (Lipinski definition) is 2. The van der Waals surface area contributed by atoms with Crippen LogP contribution in [0.1, 0.15) is 12.8 Å². The van der Waals surface area contributed by atoms with Crippen LogP contribution in [0.15, 0.2) is 36.4 Å². The molecule has 0 bridgehead atoms. The minimum Gasteiger partial charge on any atom is -0.317 e. The Labute approximate surface area is 112 Å². The summed E-state index contributed by atoms with van der Waals surface area (Å²) < 4.78 is 0. The Kier molecular flexibility index (Phi) is 3.42. The number of rotatable bonds is 2. The van der Waals surface area contributed by atoms with Gasteiger partial charge < -0.3 is 10.6 Å². The smallest absolute Gasteiger partial charge is 0.228 e. The van der Waals surface area contributed by atoms with Crippen LogP contribution in [-0.4, -0.2) is 24.0 Å². The number of nitrogens with zero attached hydrogens (tertiary/aromatic N) is 1. The van der Waals surface area contributed by atoms with Gasteiger partial charge >= 0.3 is 0 Å². The van der Waals surface area contributed by atoms with Gasteiger partial charge in [-0.1, -0.05) is 18.2 Å². The number of benzene rings is 1. The lowest BCUT2D eigenvalue weighted by molar-refractivity contribution is -0.120. The molecule has 0 radical (unpaired) electrons. The van der Waals surface area contributed by atoms with Gasteiger partial charge in [0.05, 0.1) is 5.52 Å². The van der Waals surface area contributed by atoms with Gasteiger partial charge in [-0.25, -0.2) is 4.98 Å². The molecule has 0 unspecified atom stereocenters. The van der Waals surface area contributed by atoms with E-state index >= 15 is 0 Å². The first-order chi connectivity index (χ1) is 9.33. The second-order valence-corrected chi connectivity index (χ2v) is 4.90. The fourth-order valence-electron chi connectivity index (χ4n) is 2.45. The van der Waals surface area contributed by atoms with Gasteiger partial charge in [0.25, 0.3) is 0 Å². The zero-order valence-corrected chi connectivity index (χ0v) is 10.7. The molecular formula is C15H17N3O. The molecule has 1 amide bonds. The lowest BCUT2D eigenvalue weighted by Crippen LogP contribution is -2.34. The number of anilines is 1. The third-order valence-electron chi connectivity index (χ3n) is 3.56. The summed E-state index contributed by atoms with van der Waals surface area (Å²) in [7, 11) is 0. The second kappa shape index (κ2) is 5.36. The van der Waals surface area contributed by atoms with E-state index in [2.05, 4.69) is 15.6 Å². The van der Waals surface area contributed by atoms with Gasteiger partial charge in [0.1, 0.15) is 5.82 Å². The Morgan fingerprint density at radius 1 is 1.16 bits per heavy atom. The van der Waals surface area contributed by atoms with Gasteiger partial charge in [0.15, 0.2) is 0 Å². The maximum atomic E-state index is 12.1. The highest BCUT2D eigenvalue weighted by atomic mass is 16.1. The molecule has 1 aromatic heterocycles. The molecule has 4 nitrogen and oxygen atoms in total. The maximum Gasteiger partial charge on any atom is 0.228 e. The van der Waals surface area contributed by atoms with E-state index in [-0.39, 0.29) is 11.8 Å². The first kappa shape index (κ1) is 12.1. The Bertz CT molecular complexity index is 591. The van der Waals surface area contributed by atoms with E-state index in [1.54, 1.807) is 0 Å². The largest absolute Gasteiger partial charge is 0.317 e. The SMILES string of the molecule is O=C(Nc1ccc2ccccc2n1)C1CCNCC1. The molecule has 0 atom stereocenters. The number of amides is 1. The van der Waals surface area contributed by atoms with Crippen LogP contribution >= 0.6 is 0 Å². The highest BCUT2D eigenvalue weighted by Gasteiger charge is 2.21. The summed E-state index contributed by atoms with van der Waals surface area (Å²) in [4.78, 5) is 16.6. The zero-order chi connectivity index (χ0) is 13.1. The van der Waals surface area contributed by atoms with Gasteiger partial charge in [0, 0.05) is 11.3 Å². The monoisotopic (exact) mass is 255 g/mol. The Hall–Kier alpha value is -1.94. The van der Waals surface area contributed by atoms with Gasteiger partial charge in [-0.15, -0.1) is 0 Å². The average Bonchev–Trinajstić information content (AvgIpc) is 2.48. The third kappa shape index (κ3) is 2.74. The number of aromatic nitrogens is 1. The molecule has 1 aromatic carbocycles. The van der Waals surface area contributed by atoms with Crippen LogP contribution in [0.4, 0.5) is 5.82 Å². The van der Waals surface area contributed by atoms with Crippen molar-refractivity contribution in [3.63, 3.8) is 0 Å². The van der Waals surface area contributed by atoms with Gasteiger partial charge in [-0.2, -0.15) is 0 Å². The first-order valence-corrected chi connectivity index (χ1v) is 6.70. The molecule has 2 N–H and O–H groups in total. The number of carbonyl (C=O) groups is 1. The average molecular weight is 255 g/mol. The summed E-state index contributed by atoms with van der Waals surface area (Å²) >= 11 is 0. The van der Waals surface area contributed by atoms with Crippen LogP contribution in [-0.2, 0) is 4.79 Å². The van der Waals surface area contributed by atoms with Crippen LogP contribution < -0.4 is 10.6 Å². The number of carbonyl (C=O) groups excluding carboxylic acids is 1. The number of piperidine rings is 1. The van der Waals surface area contributed by atoms with Crippen molar-refractivity contribution in [2.45, 2.75) is 12.8 Å². The molecule has 4 heteroatoms. The summed E-state index contributed by atoms with van der Waals surface area (Å²) in [5.74, 6) is 0.834. The number of nitrogens with one attached hydrogen (secondary N) is 2. The van der Waals surface area contributed by atoms with Crippen molar-refractivity contribution in [3.8, 4) is 0 Å². The van der Waals surface area contributed by atoms with Crippen LogP contribution in [0, 0.1) is 5.92 Å². The molecule has 0 saturated carbocycles. The van der Waals surface area contributed by atoms with Crippen LogP contribution in [0.2, 0.25) is 0 Å². The van der Waals surface area contributed by atoms with Crippen LogP contribution in [0.25, 0.3) is 10.9 Å². The van der Waals surface area contributed by atoms with Crippen LogP contribution in [0.5, 0.6) is 0 Å². The first-order valence-electron chi connectivity index (χ1n) is 6.70. The summed E-state index contributed by atoms with van der Waals surface area (Å²) in [6.07, 6.45) is 1.80. The fourth-order valence-corrected chi connectivity index (χ4v) is 2.45. The van der Waals surface area contributed by atoms with Crippen molar-refractivity contribution in [1.82, 2.24) is 10.3 Å². The van der Waals surface area contributed by atoms with E-state index < -0.39 is 0 Å². The van der Waals surface area contributed by atoms with Gasteiger partial charge in [-0.05, 0) is 44.1 Å². The summed E-state index contributed by atoms with van der Waals surface area (Å²) in [5.41, 5.74) is 0.908. The van der Waals surface area contributed by atoms with Crippen LogP contribution in [0.3, 0.4) is 0 Å². The van der Waals surface area contributed by atoms with E-state index in [1.807, 2.05) is 36.4 Å². The van der Waals surface area contributed by atoms with E-state index in [4.69, 9.17) is 0 Å². The minimum atomic E-state index is 0.0873. The molecule has 1 saturated heterocycles. The number of pyridine rings is 1. The van der Waals surface area contributed by atoms with Gasteiger partial charge in [-0.3, -0.25) is 4.79 Å². The summed E-state index contributed by atoms with van der Waals surface area (Å²) in [6.45, 7) is 1.84. The standard InChI is InChI=1S/C15H17N3O/c19-15(12-7-9-16-10-8-12)18-14-6-5-11-3-1-2-4-13(11)17-14/h1-6,12,16H,7-10H2,(H,17,18,19). The lowest BCUT2D eigenvalue weighted by atomic mass is 9.97. The third-order valence-corrected chi connectivity index (χ3v) is 3.56. The molecular weight excluding hydrogens is 238 g/mol. The van der Waals surface area contributed by atoms with Crippen molar-refractivity contribution < 1.29 is 4.79 Å². The van der Waals surface area contributed by atoms with Crippen molar-refractivity contribution >= 4 is 22.6 Å². The molecule has 1 fully saturated rings. The molecule has 0 aliphatic carbocycles. The van der Waals surface area contributed by atoms with Crippen molar-refractivity contribution in [2.75, 3.05) is 18.4 Å². The Balaban J connectivity index is 1.75. The molecule has 0 spiro atoms. The Morgan fingerprint density at radius 3 is 2.79 bits per heavy atom. The van der Waals surface area contributed by atoms with Crippen molar-refractivity contribution in [3.05, 3.63) is 36.4 Å². The fraction of sp³-hybridized carbons (Fsp3) is 0.333. The van der Waals surface area contributed by atoms with E-state index in [0.717, 1.165) is 36.8 Å². The molecule has 1 aliphatic rings. The molecule has 3 rings (SSSR count). The highest BCUT2D eigenvalue weighted by Crippen LogP contribution is 2.17. The summed E-state index contributed by atoms with van der Waals surface area (Å²) in [5, 5.41) is 7.27. The predicted octanol–water partition coefficient (Wildman–Crippen LogP) is 2.17. The minimum absolute atomic E-state index is 0.0873. The van der Waals surface area contributed by atoms with Gasteiger partial charge in [0.2, 0.25) is 5.91 Å². The highest BCUT2D eigenvalue weighted by molar-refractivity contribution is 5.93. The molecule has 98 valence electrons. The number of hydrogen-bond acceptors (Lipinski definition) is 3. The molecule has 19 heavy (non-hydrogen) atoms. The number of para-hydroxylation sites is 1. The van der Waals surface area contributed by atoms with E-state index in [0.29, 0.717) is 5.82 Å². The molecule has 2 heterocycles. The lowest BCUT2D eigenvalue weighted by Gasteiger charge is -2.21. The topological polar surface area (TPSA) is 54.0 Å². The predicted molar refractivity (Wildman–Crippen MR) is 76.0 cm³/mol. The quantitative estimate of drug-likeness (QED) is 0.864. The van der Waals surface area contributed by atoms with E-state index in [9.17, 15) is 4.79 Å². The maximum absolute atomic E-state index is 12.1. The second-order valence-electron chi connectivity index (χ2n) is 4.90. The van der Waals surface area contributed by atoms with E-state index in [1.165, 1.54) is 0 Å². The Morgan fingerprint density at radius 2 is 1.95 bits per heavy atom. The summed E-state index contributed by atoms with van der Waals surface area (Å²) in [6, 6.07) is 11.8. The normalized spacial score (nSPS) is 16.4. The number of fused-ring (bicyclic) bond motifs is 1. The molecule has 2 aromatic rings. The van der Waals surface area contributed by atoms with Crippen molar-refractivity contribution in [2.24, 2.45) is 5.92 Å². The molecule has 1 aliphatic heterocycles.